The first kappa shape index (κ1) is 12.9. The van der Waals surface area contributed by atoms with Gasteiger partial charge < -0.3 is 15.0 Å². The number of ether oxygens (including phenoxy) is 1. The first-order chi connectivity index (χ1) is 7.98. The smallest absolute Gasteiger partial charge is 0.244 e. The van der Waals surface area contributed by atoms with Crippen molar-refractivity contribution in [1.29, 1.82) is 0 Å². The van der Waals surface area contributed by atoms with Crippen molar-refractivity contribution >= 4 is 11.8 Å². The van der Waals surface area contributed by atoms with Gasteiger partial charge in [0, 0.05) is 11.5 Å². The fraction of sp³-hybridized carbons (Fsp3) is 0.818. The Kier molecular flexibility index (Phi) is 3.75. The Bertz CT molecular complexity index is 369. The molecule has 0 aromatic carbocycles. The zero-order valence-electron chi connectivity index (χ0n) is 10.5. The van der Waals surface area contributed by atoms with E-state index in [-0.39, 0.29) is 17.6 Å². The lowest BCUT2D eigenvalue weighted by Crippen LogP contribution is -2.26. The van der Waals surface area contributed by atoms with Gasteiger partial charge in [0.15, 0.2) is 0 Å². The van der Waals surface area contributed by atoms with Crippen LogP contribution >= 0.6 is 11.8 Å². The Morgan fingerprint density at radius 3 is 2.82 bits per heavy atom. The maximum absolute atomic E-state index is 6.07. The Balaban J connectivity index is 2.10. The van der Waals surface area contributed by atoms with Crippen LogP contribution in [0.5, 0.6) is 0 Å². The quantitative estimate of drug-likeness (QED) is 0.872. The minimum atomic E-state index is -0.250. The van der Waals surface area contributed by atoms with E-state index < -0.39 is 0 Å². The molecule has 6 heteroatoms. The molecule has 0 saturated carbocycles. The van der Waals surface area contributed by atoms with Gasteiger partial charge in [-0.15, -0.1) is 0 Å². The lowest BCUT2D eigenvalue weighted by atomic mass is 9.87. The second kappa shape index (κ2) is 4.96. The molecule has 0 aliphatic carbocycles. The van der Waals surface area contributed by atoms with Crippen molar-refractivity contribution in [3.05, 3.63) is 11.7 Å². The molecule has 5 nitrogen and oxygen atoms in total. The molecule has 0 spiro atoms. The van der Waals surface area contributed by atoms with Crippen molar-refractivity contribution in [1.82, 2.24) is 10.1 Å². The summed E-state index contributed by atoms with van der Waals surface area (Å²) >= 11 is 1.84. The molecule has 1 aliphatic heterocycles. The van der Waals surface area contributed by atoms with Crippen LogP contribution in [0.15, 0.2) is 4.52 Å². The fourth-order valence-electron chi connectivity index (χ4n) is 1.51. The van der Waals surface area contributed by atoms with Crippen molar-refractivity contribution < 1.29 is 9.26 Å². The number of hydrogen-bond acceptors (Lipinski definition) is 6. The van der Waals surface area contributed by atoms with E-state index in [1.165, 1.54) is 0 Å². The maximum atomic E-state index is 6.07. The summed E-state index contributed by atoms with van der Waals surface area (Å²) in [5.41, 5.74) is 5.98. The molecule has 1 saturated heterocycles. The second-order valence-electron chi connectivity index (χ2n) is 5.27. The topological polar surface area (TPSA) is 74.2 Å². The number of thioether (sulfide) groups is 1. The molecule has 1 fully saturated rings. The van der Waals surface area contributed by atoms with Gasteiger partial charge in [-0.05, 0) is 5.41 Å². The summed E-state index contributed by atoms with van der Waals surface area (Å²) in [6.07, 6.45) is -0.0570. The van der Waals surface area contributed by atoms with Crippen LogP contribution < -0.4 is 5.73 Å². The molecule has 2 heterocycles. The minimum Gasteiger partial charge on any atom is -0.368 e. The Hall–Kier alpha value is -0.590. The largest absolute Gasteiger partial charge is 0.368 e. The lowest BCUT2D eigenvalue weighted by Gasteiger charge is -2.23. The van der Waals surface area contributed by atoms with E-state index in [4.69, 9.17) is 15.0 Å². The zero-order chi connectivity index (χ0) is 12.5. The summed E-state index contributed by atoms with van der Waals surface area (Å²) in [4.78, 5) is 4.36. The molecule has 17 heavy (non-hydrogen) atoms. The van der Waals surface area contributed by atoms with Crippen molar-refractivity contribution in [3.8, 4) is 0 Å². The van der Waals surface area contributed by atoms with Gasteiger partial charge in [-0.25, -0.2) is 0 Å². The molecule has 1 aromatic rings. The van der Waals surface area contributed by atoms with Crippen LogP contribution in [0.3, 0.4) is 0 Å². The number of nitrogens with two attached hydrogens (primary N) is 1. The molecule has 1 unspecified atom stereocenters. The average molecular weight is 257 g/mol. The molecule has 2 atom stereocenters. The van der Waals surface area contributed by atoms with Crippen molar-refractivity contribution in [2.45, 2.75) is 32.9 Å². The number of aromatic nitrogens is 2. The van der Waals surface area contributed by atoms with Gasteiger partial charge in [0.2, 0.25) is 11.7 Å². The highest BCUT2D eigenvalue weighted by molar-refractivity contribution is 7.99. The van der Waals surface area contributed by atoms with Crippen LogP contribution in [0.1, 0.15) is 44.6 Å². The van der Waals surface area contributed by atoms with Gasteiger partial charge in [-0.1, -0.05) is 25.9 Å². The van der Waals surface area contributed by atoms with Gasteiger partial charge in [0.25, 0.3) is 0 Å². The van der Waals surface area contributed by atoms with Crippen molar-refractivity contribution in [2.24, 2.45) is 11.1 Å². The van der Waals surface area contributed by atoms with Crippen LogP contribution in [-0.2, 0) is 4.74 Å². The zero-order valence-corrected chi connectivity index (χ0v) is 11.3. The molecule has 0 radical (unpaired) electrons. The molecular formula is C11H19N3O2S. The van der Waals surface area contributed by atoms with Crippen LogP contribution in [0.4, 0.5) is 0 Å². The molecule has 2 rings (SSSR count). The van der Waals surface area contributed by atoms with Crippen molar-refractivity contribution in [2.75, 3.05) is 18.1 Å². The molecule has 0 bridgehead atoms. The molecular weight excluding hydrogens is 238 g/mol. The average Bonchev–Trinajstić information content (AvgIpc) is 2.77. The van der Waals surface area contributed by atoms with E-state index in [1.54, 1.807) is 0 Å². The number of rotatable bonds is 2. The predicted molar refractivity (Wildman–Crippen MR) is 66.7 cm³/mol. The fourth-order valence-corrected chi connectivity index (χ4v) is 2.35. The Morgan fingerprint density at radius 2 is 2.24 bits per heavy atom. The Morgan fingerprint density at radius 1 is 1.47 bits per heavy atom. The van der Waals surface area contributed by atoms with E-state index >= 15 is 0 Å². The third-order valence-corrected chi connectivity index (χ3v) is 3.75. The first-order valence-electron chi connectivity index (χ1n) is 5.77. The SMILES string of the molecule is CC(C)(C)[C@H](N)c1nc(C2CSCCO2)no1. The summed E-state index contributed by atoms with van der Waals surface area (Å²) in [6.45, 7) is 6.89. The molecule has 2 N–H and O–H groups in total. The van der Waals surface area contributed by atoms with Gasteiger partial charge in [-0.3, -0.25) is 0 Å². The van der Waals surface area contributed by atoms with Crippen molar-refractivity contribution in [3.63, 3.8) is 0 Å². The maximum Gasteiger partial charge on any atom is 0.244 e. The van der Waals surface area contributed by atoms with E-state index in [1.807, 2.05) is 11.8 Å². The summed E-state index contributed by atoms with van der Waals surface area (Å²) in [7, 11) is 0. The summed E-state index contributed by atoms with van der Waals surface area (Å²) in [5.74, 6) is 3.02. The van der Waals surface area contributed by atoms with Gasteiger partial charge in [-0.2, -0.15) is 16.7 Å². The standard InChI is InChI=1S/C11H19N3O2S/c1-11(2,3)8(12)10-13-9(14-16-10)7-6-17-5-4-15-7/h7-8H,4-6,12H2,1-3H3/t7?,8-/m1/s1. The highest BCUT2D eigenvalue weighted by atomic mass is 32.2. The molecule has 1 aliphatic rings. The van der Waals surface area contributed by atoms with Crippen LogP contribution in [0.25, 0.3) is 0 Å². The van der Waals surface area contributed by atoms with Crippen LogP contribution in [-0.4, -0.2) is 28.3 Å². The first-order valence-corrected chi connectivity index (χ1v) is 6.92. The lowest BCUT2D eigenvalue weighted by molar-refractivity contribution is 0.0677. The Labute approximate surface area is 105 Å². The van der Waals surface area contributed by atoms with Gasteiger partial charge >= 0.3 is 0 Å². The van der Waals surface area contributed by atoms with E-state index in [2.05, 4.69) is 30.9 Å². The van der Waals surface area contributed by atoms with E-state index in [9.17, 15) is 0 Å². The predicted octanol–water partition coefficient (Wildman–Crippen LogP) is 1.92. The molecule has 0 amide bonds. The van der Waals surface area contributed by atoms with E-state index in [0.29, 0.717) is 11.7 Å². The summed E-state index contributed by atoms with van der Waals surface area (Å²) < 4.78 is 10.8. The molecule has 1 aromatic heterocycles. The van der Waals surface area contributed by atoms with Crippen LogP contribution in [0.2, 0.25) is 0 Å². The van der Waals surface area contributed by atoms with Gasteiger partial charge in [0.1, 0.15) is 6.10 Å². The normalized spacial score (nSPS) is 23.6. The van der Waals surface area contributed by atoms with Crippen LogP contribution in [0, 0.1) is 5.41 Å². The van der Waals surface area contributed by atoms with E-state index in [0.717, 1.165) is 18.1 Å². The van der Waals surface area contributed by atoms with Gasteiger partial charge in [0.05, 0.1) is 12.6 Å². The second-order valence-corrected chi connectivity index (χ2v) is 6.42. The number of nitrogens with zero attached hydrogens (tertiary/aromatic N) is 2. The third kappa shape index (κ3) is 3.00. The molecule has 96 valence electrons. The monoisotopic (exact) mass is 257 g/mol. The highest BCUT2D eigenvalue weighted by Gasteiger charge is 2.29. The highest BCUT2D eigenvalue weighted by Crippen LogP contribution is 2.31. The number of hydrogen-bond donors (Lipinski definition) is 1. The summed E-state index contributed by atoms with van der Waals surface area (Å²) in [6, 6.07) is -0.250. The minimum absolute atomic E-state index is 0.0570. The third-order valence-electron chi connectivity index (χ3n) is 2.76. The summed E-state index contributed by atoms with van der Waals surface area (Å²) in [5, 5.41) is 3.97.